The van der Waals surface area contributed by atoms with E-state index >= 15 is 0 Å². The van der Waals surface area contributed by atoms with Crippen LogP contribution in [-0.4, -0.2) is 4.98 Å². The smallest absolute Gasteiger partial charge is 0.131 e. The Bertz CT molecular complexity index is 1130. The molecule has 5 rings (SSSR count). The first kappa shape index (κ1) is 17.7. The Balaban J connectivity index is 1.53. The molecule has 0 bridgehead atoms. The van der Waals surface area contributed by atoms with Crippen LogP contribution in [0.25, 0.3) is 21.9 Å². The van der Waals surface area contributed by atoms with Gasteiger partial charge in [-0.1, -0.05) is 49.2 Å². The van der Waals surface area contributed by atoms with E-state index < -0.39 is 0 Å². The molecular formula is C26H24N2O. The van der Waals surface area contributed by atoms with Gasteiger partial charge in [-0.25, -0.2) is 4.98 Å². The van der Waals surface area contributed by atoms with Crippen molar-refractivity contribution in [3.63, 3.8) is 0 Å². The average molecular weight is 380 g/mol. The predicted molar refractivity (Wildman–Crippen MR) is 119 cm³/mol. The lowest BCUT2D eigenvalue weighted by atomic mass is 9.89. The van der Waals surface area contributed by atoms with E-state index in [2.05, 4.69) is 35.3 Å². The van der Waals surface area contributed by atoms with Crippen LogP contribution in [0.2, 0.25) is 0 Å². The number of ether oxygens (including phenoxy) is 1. The van der Waals surface area contributed by atoms with Crippen LogP contribution in [0, 0.1) is 0 Å². The van der Waals surface area contributed by atoms with Gasteiger partial charge >= 0.3 is 0 Å². The molecule has 0 radical (unpaired) electrons. The number of hydrogen-bond acceptors (Lipinski definition) is 3. The zero-order chi connectivity index (χ0) is 19.6. The molecule has 0 saturated heterocycles. The summed E-state index contributed by atoms with van der Waals surface area (Å²) in [5.74, 6) is 2.89. The van der Waals surface area contributed by atoms with Crippen LogP contribution in [-0.2, 0) is 0 Å². The molecule has 3 heteroatoms. The summed E-state index contributed by atoms with van der Waals surface area (Å²) in [7, 11) is 0. The minimum atomic E-state index is 0.604. The van der Waals surface area contributed by atoms with Gasteiger partial charge in [-0.3, -0.25) is 0 Å². The molecule has 3 nitrogen and oxygen atoms in total. The molecule has 1 aromatic heterocycles. The zero-order valence-corrected chi connectivity index (χ0v) is 16.3. The van der Waals surface area contributed by atoms with Crippen molar-refractivity contribution in [2.75, 3.05) is 5.73 Å². The van der Waals surface area contributed by atoms with Crippen molar-refractivity contribution >= 4 is 16.6 Å². The molecule has 1 fully saturated rings. The highest BCUT2D eigenvalue weighted by molar-refractivity contribution is 5.97. The Labute approximate surface area is 171 Å². The van der Waals surface area contributed by atoms with E-state index in [1.165, 1.54) is 42.2 Å². The van der Waals surface area contributed by atoms with E-state index in [1.807, 2.05) is 48.7 Å². The van der Waals surface area contributed by atoms with Gasteiger partial charge in [0.05, 0.1) is 0 Å². The van der Waals surface area contributed by atoms with E-state index in [0.717, 1.165) is 22.4 Å². The summed E-state index contributed by atoms with van der Waals surface area (Å²) in [5.41, 5.74) is 10.0. The molecule has 0 atom stereocenters. The molecule has 1 saturated carbocycles. The summed E-state index contributed by atoms with van der Waals surface area (Å²) in [6.45, 7) is 0. The van der Waals surface area contributed by atoms with Gasteiger partial charge in [0.2, 0.25) is 0 Å². The number of nitrogen functional groups attached to an aromatic ring is 1. The number of pyridine rings is 1. The van der Waals surface area contributed by atoms with Gasteiger partial charge in [0.25, 0.3) is 0 Å². The number of nitrogens with zero attached hydrogens (tertiary/aromatic N) is 1. The van der Waals surface area contributed by atoms with Crippen molar-refractivity contribution in [2.24, 2.45) is 0 Å². The SMILES string of the molecule is Nc1nccc2c(C3CCCC3)cc(-c3ccc(Oc4ccccc4)cc3)cc12. The van der Waals surface area contributed by atoms with E-state index in [-0.39, 0.29) is 0 Å². The second-order valence-electron chi connectivity index (χ2n) is 7.78. The van der Waals surface area contributed by atoms with Crippen LogP contribution in [0.5, 0.6) is 11.5 Å². The fraction of sp³-hybridized carbons (Fsp3) is 0.192. The van der Waals surface area contributed by atoms with Crippen molar-refractivity contribution in [1.82, 2.24) is 4.98 Å². The van der Waals surface area contributed by atoms with Gasteiger partial charge in [0, 0.05) is 11.6 Å². The van der Waals surface area contributed by atoms with Gasteiger partial charge in [-0.2, -0.15) is 0 Å². The molecule has 1 aliphatic rings. The fourth-order valence-corrected chi connectivity index (χ4v) is 4.42. The molecule has 144 valence electrons. The molecule has 3 aromatic carbocycles. The highest BCUT2D eigenvalue weighted by atomic mass is 16.5. The monoisotopic (exact) mass is 380 g/mol. The Morgan fingerprint density at radius 3 is 2.24 bits per heavy atom. The van der Waals surface area contributed by atoms with E-state index in [4.69, 9.17) is 10.5 Å². The van der Waals surface area contributed by atoms with E-state index in [0.29, 0.717) is 11.7 Å². The number of para-hydroxylation sites is 1. The molecule has 0 aliphatic heterocycles. The topological polar surface area (TPSA) is 48.1 Å². The molecule has 1 aliphatic carbocycles. The number of hydrogen-bond donors (Lipinski definition) is 1. The van der Waals surface area contributed by atoms with Crippen LogP contribution < -0.4 is 10.5 Å². The minimum Gasteiger partial charge on any atom is -0.457 e. The molecule has 1 heterocycles. The number of fused-ring (bicyclic) bond motifs is 1. The van der Waals surface area contributed by atoms with Crippen LogP contribution in [0.15, 0.2) is 79.0 Å². The maximum atomic E-state index is 6.25. The van der Waals surface area contributed by atoms with Gasteiger partial charge in [0.15, 0.2) is 0 Å². The van der Waals surface area contributed by atoms with Gasteiger partial charge in [-0.15, -0.1) is 0 Å². The van der Waals surface area contributed by atoms with Gasteiger partial charge in [0.1, 0.15) is 17.3 Å². The summed E-state index contributed by atoms with van der Waals surface area (Å²) < 4.78 is 5.93. The first-order valence-corrected chi connectivity index (χ1v) is 10.3. The largest absolute Gasteiger partial charge is 0.457 e. The molecule has 0 amide bonds. The number of nitrogens with two attached hydrogens (primary N) is 1. The Morgan fingerprint density at radius 2 is 1.48 bits per heavy atom. The quantitative estimate of drug-likeness (QED) is 0.417. The van der Waals surface area contributed by atoms with Crippen LogP contribution in [0.4, 0.5) is 5.82 Å². The fourth-order valence-electron chi connectivity index (χ4n) is 4.42. The maximum Gasteiger partial charge on any atom is 0.131 e. The molecule has 29 heavy (non-hydrogen) atoms. The van der Waals surface area contributed by atoms with Crippen molar-refractivity contribution < 1.29 is 4.74 Å². The first-order valence-electron chi connectivity index (χ1n) is 10.3. The van der Waals surface area contributed by atoms with E-state index in [1.54, 1.807) is 0 Å². The van der Waals surface area contributed by atoms with Gasteiger partial charge in [-0.05, 0) is 77.2 Å². The lowest BCUT2D eigenvalue weighted by molar-refractivity contribution is 0.483. The van der Waals surface area contributed by atoms with Crippen molar-refractivity contribution in [1.29, 1.82) is 0 Å². The summed E-state index contributed by atoms with van der Waals surface area (Å²) in [6.07, 6.45) is 6.95. The highest BCUT2D eigenvalue weighted by Gasteiger charge is 2.21. The average Bonchev–Trinajstić information content (AvgIpc) is 3.30. The second-order valence-corrected chi connectivity index (χ2v) is 7.78. The summed E-state index contributed by atoms with van der Waals surface area (Å²) in [5, 5.41) is 2.30. The third-order valence-corrected chi connectivity index (χ3v) is 5.90. The molecule has 4 aromatic rings. The molecule has 0 spiro atoms. The summed E-state index contributed by atoms with van der Waals surface area (Å²) >= 11 is 0. The Kier molecular flexibility index (Phi) is 4.65. The third kappa shape index (κ3) is 3.56. The van der Waals surface area contributed by atoms with Crippen LogP contribution in [0.1, 0.15) is 37.2 Å². The predicted octanol–water partition coefficient (Wildman–Crippen LogP) is 6.93. The first-order chi connectivity index (χ1) is 14.3. The van der Waals surface area contributed by atoms with Crippen LogP contribution in [0.3, 0.4) is 0 Å². The Hall–Kier alpha value is -3.33. The second kappa shape index (κ2) is 7.59. The Morgan fingerprint density at radius 1 is 0.759 bits per heavy atom. The standard InChI is InChI=1S/C26H24N2O/c27-26-25-17-20(16-24(19-6-4-5-7-19)23(25)14-15-28-26)18-10-12-22(13-11-18)29-21-8-2-1-3-9-21/h1-3,8-17,19H,4-7H2,(H2,27,28). The van der Waals surface area contributed by atoms with Crippen molar-refractivity contribution in [3.8, 4) is 22.6 Å². The number of aromatic nitrogens is 1. The van der Waals surface area contributed by atoms with Gasteiger partial charge < -0.3 is 10.5 Å². The van der Waals surface area contributed by atoms with Crippen molar-refractivity contribution in [2.45, 2.75) is 31.6 Å². The summed E-state index contributed by atoms with van der Waals surface area (Å²) in [6, 6.07) is 24.8. The highest BCUT2D eigenvalue weighted by Crippen LogP contribution is 2.41. The van der Waals surface area contributed by atoms with E-state index in [9.17, 15) is 0 Å². The lowest BCUT2D eigenvalue weighted by Crippen LogP contribution is -1.98. The summed E-state index contributed by atoms with van der Waals surface area (Å²) in [4.78, 5) is 4.33. The lowest BCUT2D eigenvalue weighted by Gasteiger charge is -2.16. The number of benzene rings is 3. The minimum absolute atomic E-state index is 0.604. The molecule has 0 unspecified atom stereocenters. The van der Waals surface area contributed by atoms with Crippen LogP contribution >= 0.6 is 0 Å². The number of rotatable bonds is 4. The number of anilines is 1. The van der Waals surface area contributed by atoms with Crippen molar-refractivity contribution in [3.05, 3.63) is 84.6 Å². The normalized spacial score (nSPS) is 14.3. The zero-order valence-electron chi connectivity index (χ0n) is 16.3. The molecule has 2 N–H and O–H groups in total. The molecular weight excluding hydrogens is 356 g/mol. The third-order valence-electron chi connectivity index (χ3n) is 5.90. The maximum absolute atomic E-state index is 6.25.